The van der Waals surface area contributed by atoms with Gasteiger partial charge in [-0.25, -0.2) is 4.98 Å². The number of pyridine rings is 1. The molecule has 18 heavy (non-hydrogen) atoms. The van der Waals surface area contributed by atoms with Crippen LogP contribution in [0.15, 0.2) is 30.6 Å². The van der Waals surface area contributed by atoms with Crippen LogP contribution >= 0.6 is 0 Å². The third-order valence-corrected chi connectivity index (χ3v) is 4.13. The van der Waals surface area contributed by atoms with Crippen molar-refractivity contribution in [3.8, 4) is 0 Å². The molecule has 0 aliphatic heterocycles. The molecule has 1 N–H and O–H groups in total. The molecule has 0 bridgehead atoms. The maximum Gasteiger partial charge on any atom is 0.137 e. The van der Waals surface area contributed by atoms with E-state index in [2.05, 4.69) is 27.8 Å². The molecular formula is C15H21N3. The zero-order valence-electron chi connectivity index (χ0n) is 11.0. The molecule has 0 amide bonds. The van der Waals surface area contributed by atoms with E-state index < -0.39 is 0 Å². The number of fused-ring (bicyclic) bond motifs is 1. The monoisotopic (exact) mass is 243 g/mol. The molecular weight excluding hydrogens is 222 g/mol. The normalized spacial score (nSPS) is 18.5. The summed E-state index contributed by atoms with van der Waals surface area (Å²) in [7, 11) is 0. The highest BCUT2D eigenvalue weighted by Crippen LogP contribution is 2.27. The van der Waals surface area contributed by atoms with Crippen LogP contribution in [0.5, 0.6) is 0 Å². The van der Waals surface area contributed by atoms with Gasteiger partial charge in [0.2, 0.25) is 0 Å². The van der Waals surface area contributed by atoms with Crippen LogP contribution in [0.4, 0.5) is 0 Å². The standard InChI is InChI=1S/C15H21N3/c1-12(13-6-2-3-7-13)16-10-14-11-18-9-5-4-8-15(18)17-14/h4-5,8-9,11-13,16H,2-3,6-7,10H2,1H3. The summed E-state index contributed by atoms with van der Waals surface area (Å²) in [5.74, 6) is 0.863. The van der Waals surface area contributed by atoms with Crippen molar-refractivity contribution in [2.24, 2.45) is 5.92 Å². The van der Waals surface area contributed by atoms with Crippen molar-refractivity contribution in [1.82, 2.24) is 14.7 Å². The summed E-state index contributed by atoms with van der Waals surface area (Å²) >= 11 is 0. The Kier molecular flexibility index (Phi) is 3.33. The summed E-state index contributed by atoms with van der Waals surface area (Å²) < 4.78 is 2.08. The first kappa shape index (κ1) is 11.7. The Hall–Kier alpha value is -1.35. The highest BCUT2D eigenvalue weighted by molar-refractivity contribution is 5.39. The van der Waals surface area contributed by atoms with Crippen molar-refractivity contribution in [3.05, 3.63) is 36.3 Å². The van der Waals surface area contributed by atoms with Crippen molar-refractivity contribution in [1.29, 1.82) is 0 Å². The average Bonchev–Trinajstić information content (AvgIpc) is 3.04. The van der Waals surface area contributed by atoms with Gasteiger partial charge in [-0.05, 0) is 37.8 Å². The number of rotatable bonds is 4. The molecule has 3 rings (SSSR count). The Labute approximate surface area is 108 Å². The van der Waals surface area contributed by atoms with Gasteiger partial charge in [0.1, 0.15) is 5.65 Å². The minimum absolute atomic E-state index is 0.609. The van der Waals surface area contributed by atoms with E-state index in [1.165, 1.54) is 25.7 Å². The van der Waals surface area contributed by atoms with E-state index in [1.807, 2.05) is 24.4 Å². The predicted octanol–water partition coefficient (Wildman–Crippen LogP) is 3.00. The van der Waals surface area contributed by atoms with Crippen LogP contribution in [-0.4, -0.2) is 15.4 Å². The van der Waals surface area contributed by atoms with Crippen LogP contribution in [0, 0.1) is 5.92 Å². The van der Waals surface area contributed by atoms with Crippen LogP contribution in [0.25, 0.3) is 5.65 Å². The smallest absolute Gasteiger partial charge is 0.137 e. The summed E-state index contributed by atoms with van der Waals surface area (Å²) in [6.45, 7) is 3.19. The van der Waals surface area contributed by atoms with Gasteiger partial charge in [0, 0.05) is 25.0 Å². The molecule has 3 nitrogen and oxygen atoms in total. The van der Waals surface area contributed by atoms with Gasteiger partial charge in [-0.2, -0.15) is 0 Å². The highest BCUT2D eigenvalue weighted by atomic mass is 15.0. The van der Waals surface area contributed by atoms with Gasteiger partial charge in [0.25, 0.3) is 0 Å². The molecule has 1 aliphatic rings. The molecule has 0 aromatic carbocycles. The number of hydrogen-bond acceptors (Lipinski definition) is 2. The maximum atomic E-state index is 4.61. The Morgan fingerprint density at radius 1 is 1.39 bits per heavy atom. The summed E-state index contributed by atoms with van der Waals surface area (Å²) in [6.07, 6.45) is 9.75. The van der Waals surface area contributed by atoms with Crippen LogP contribution < -0.4 is 5.32 Å². The van der Waals surface area contributed by atoms with Gasteiger partial charge < -0.3 is 9.72 Å². The zero-order chi connectivity index (χ0) is 12.4. The number of hydrogen-bond donors (Lipinski definition) is 1. The van der Waals surface area contributed by atoms with Gasteiger partial charge in [-0.15, -0.1) is 0 Å². The minimum Gasteiger partial charge on any atom is -0.308 e. The van der Waals surface area contributed by atoms with Gasteiger partial charge in [0.05, 0.1) is 5.69 Å². The second-order valence-corrected chi connectivity index (χ2v) is 5.41. The van der Waals surface area contributed by atoms with E-state index in [9.17, 15) is 0 Å². The molecule has 0 spiro atoms. The second-order valence-electron chi connectivity index (χ2n) is 5.41. The summed E-state index contributed by atoms with van der Waals surface area (Å²) in [6, 6.07) is 6.72. The first-order valence-electron chi connectivity index (χ1n) is 6.99. The highest BCUT2D eigenvalue weighted by Gasteiger charge is 2.21. The quantitative estimate of drug-likeness (QED) is 0.894. The second kappa shape index (κ2) is 5.11. The number of aromatic nitrogens is 2. The minimum atomic E-state index is 0.609. The largest absolute Gasteiger partial charge is 0.308 e. The molecule has 3 heteroatoms. The summed E-state index contributed by atoms with van der Waals surface area (Å²) in [5.41, 5.74) is 2.16. The molecule has 0 saturated heterocycles. The Morgan fingerprint density at radius 3 is 3.00 bits per heavy atom. The Balaban J connectivity index is 1.62. The van der Waals surface area contributed by atoms with Crippen LogP contribution in [0.2, 0.25) is 0 Å². The van der Waals surface area contributed by atoms with Gasteiger partial charge >= 0.3 is 0 Å². The Morgan fingerprint density at radius 2 is 2.22 bits per heavy atom. The molecule has 1 saturated carbocycles. The molecule has 2 aromatic heterocycles. The third-order valence-electron chi connectivity index (χ3n) is 4.13. The number of imidazole rings is 1. The fraction of sp³-hybridized carbons (Fsp3) is 0.533. The first-order valence-corrected chi connectivity index (χ1v) is 6.99. The predicted molar refractivity (Wildman–Crippen MR) is 73.5 cm³/mol. The van der Waals surface area contributed by atoms with E-state index in [4.69, 9.17) is 0 Å². The molecule has 2 aromatic rings. The van der Waals surface area contributed by atoms with Crippen molar-refractivity contribution in [2.75, 3.05) is 0 Å². The van der Waals surface area contributed by atoms with Crippen LogP contribution in [0.1, 0.15) is 38.3 Å². The maximum absolute atomic E-state index is 4.61. The number of nitrogens with one attached hydrogen (secondary N) is 1. The van der Waals surface area contributed by atoms with Gasteiger partial charge in [-0.1, -0.05) is 18.9 Å². The third kappa shape index (κ3) is 2.41. The van der Waals surface area contributed by atoms with E-state index in [0.29, 0.717) is 6.04 Å². The van der Waals surface area contributed by atoms with E-state index in [0.717, 1.165) is 23.8 Å². The van der Waals surface area contributed by atoms with Crippen LogP contribution in [-0.2, 0) is 6.54 Å². The fourth-order valence-corrected chi connectivity index (χ4v) is 2.96. The molecule has 2 heterocycles. The van der Waals surface area contributed by atoms with Gasteiger partial charge in [0.15, 0.2) is 0 Å². The lowest BCUT2D eigenvalue weighted by atomic mass is 10.00. The molecule has 1 aliphatic carbocycles. The topological polar surface area (TPSA) is 29.3 Å². The molecule has 0 radical (unpaired) electrons. The first-order chi connectivity index (χ1) is 8.83. The van der Waals surface area contributed by atoms with Crippen molar-refractivity contribution >= 4 is 5.65 Å². The summed E-state index contributed by atoms with van der Waals surface area (Å²) in [4.78, 5) is 4.61. The van der Waals surface area contributed by atoms with Crippen molar-refractivity contribution in [2.45, 2.75) is 45.2 Å². The molecule has 96 valence electrons. The van der Waals surface area contributed by atoms with E-state index in [-0.39, 0.29) is 0 Å². The number of nitrogens with zero attached hydrogens (tertiary/aromatic N) is 2. The Bertz CT molecular complexity index is 478. The van der Waals surface area contributed by atoms with Gasteiger partial charge in [-0.3, -0.25) is 0 Å². The lowest BCUT2D eigenvalue weighted by Crippen LogP contribution is -2.31. The summed E-state index contributed by atoms with van der Waals surface area (Å²) in [5, 5.41) is 3.63. The molecule has 1 fully saturated rings. The fourth-order valence-electron chi connectivity index (χ4n) is 2.96. The zero-order valence-corrected chi connectivity index (χ0v) is 11.0. The SMILES string of the molecule is CC(NCc1cn2ccccc2n1)C1CCCC1. The average molecular weight is 243 g/mol. The lowest BCUT2D eigenvalue weighted by Gasteiger charge is -2.19. The lowest BCUT2D eigenvalue weighted by molar-refractivity contribution is 0.379. The van der Waals surface area contributed by atoms with Crippen molar-refractivity contribution < 1.29 is 0 Å². The molecule has 1 unspecified atom stereocenters. The van der Waals surface area contributed by atoms with E-state index in [1.54, 1.807) is 0 Å². The van der Waals surface area contributed by atoms with Crippen LogP contribution in [0.3, 0.4) is 0 Å². The van der Waals surface area contributed by atoms with E-state index >= 15 is 0 Å². The van der Waals surface area contributed by atoms with Crippen molar-refractivity contribution in [3.63, 3.8) is 0 Å². The molecule has 1 atom stereocenters.